The van der Waals surface area contributed by atoms with E-state index in [0.29, 0.717) is 13.2 Å². The van der Waals surface area contributed by atoms with E-state index in [1.165, 1.54) is 32.5 Å². The first-order valence-electron chi connectivity index (χ1n) is 6.86. The van der Waals surface area contributed by atoms with E-state index in [2.05, 4.69) is 17.1 Å². The molecule has 0 aromatic heterocycles. The SMILES string of the molecule is CCN(CCOCCOC)CC1CCCNC1. The maximum atomic E-state index is 5.51. The van der Waals surface area contributed by atoms with Crippen molar-refractivity contribution in [2.75, 3.05) is 59.7 Å². The molecule has 0 spiro atoms. The number of rotatable bonds is 9. The van der Waals surface area contributed by atoms with E-state index in [9.17, 15) is 0 Å². The van der Waals surface area contributed by atoms with Gasteiger partial charge in [-0.05, 0) is 38.4 Å². The summed E-state index contributed by atoms with van der Waals surface area (Å²) < 4.78 is 10.5. The molecule has 1 aliphatic heterocycles. The Morgan fingerprint density at radius 1 is 1.29 bits per heavy atom. The molecule has 1 unspecified atom stereocenters. The van der Waals surface area contributed by atoms with Gasteiger partial charge in [0.1, 0.15) is 0 Å². The van der Waals surface area contributed by atoms with Crippen LogP contribution in [-0.4, -0.2) is 64.6 Å². The first-order valence-corrected chi connectivity index (χ1v) is 6.86. The van der Waals surface area contributed by atoms with Crippen LogP contribution in [0.25, 0.3) is 0 Å². The molecule has 102 valence electrons. The van der Waals surface area contributed by atoms with Gasteiger partial charge in [0.25, 0.3) is 0 Å². The Hall–Kier alpha value is -0.160. The fourth-order valence-electron chi connectivity index (χ4n) is 2.26. The van der Waals surface area contributed by atoms with Crippen LogP contribution in [0.2, 0.25) is 0 Å². The number of piperidine rings is 1. The molecule has 1 atom stereocenters. The van der Waals surface area contributed by atoms with Crippen LogP contribution in [0.15, 0.2) is 0 Å². The number of hydrogen-bond donors (Lipinski definition) is 1. The zero-order valence-corrected chi connectivity index (χ0v) is 11.4. The van der Waals surface area contributed by atoms with Crippen LogP contribution in [0, 0.1) is 5.92 Å². The topological polar surface area (TPSA) is 33.7 Å². The highest BCUT2D eigenvalue weighted by atomic mass is 16.5. The number of likely N-dealkylation sites (N-methyl/N-ethyl adjacent to an activating group) is 1. The molecule has 1 fully saturated rings. The van der Waals surface area contributed by atoms with Gasteiger partial charge in [0, 0.05) is 20.2 Å². The molecule has 17 heavy (non-hydrogen) atoms. The second-order valence-electron chi connectivity index (χ2n) is 4.71. The highest BCUT2D eigenvalue weighted by Crippen LogP contribution is 2.11. The molecule has 0 amide bonds. The van der Waals surface area contributed by atoms with Crippen LogP contribution in [-0.2, 0) is 9.47 Å². The molecule has 1 N–H and O–H groups in total. The van der Waals surface area contributed by atoms with Gasteiger partial charge in [-0.3, -0.25) is 0 Å². The Bertz CT molecular complexity index is 173. The van der Waals surface area contributed by atoms with Crippen LogP contribution in [0.5, 0.6) is 0 Å². The quantitative estimate of drug-likeness (QED) is 0.613. The summed E-state index contributed by atoms with van der Waals surface area (Å²) in [4.78, 5) is 2.49. The minimum absolute atomic E-state index is 0.693. The molecule has 4 nitrogen and oxygen atoms in total. The Balaban J connectivity index is 2.05. The van der Waals surface area contributed by atoms with Crippen LogP contribution < -0.4 is 5.32 Å². The van der Waals surface area contributed by atoms with Gasteiger partial charge in [-0.1, -0.05) is 6.92 Å². The summed E-state index contributed by atoms with van der Waals surface area (Å²) in [5.74, 6) is 0.822. The molecule has 1 saturated heterocycles. The number of nitrogens with one attached hydrogen (secondary N) is 1. The Morgan fingerprint density at radius 2 is 2.18 bits per heavy atom. The Labute approximate surface area is 106 Å². The van der Waals surface area contributed by atoms with E-state index in [-0.39, 0.29) is 0 Å². The summed E-state index contributed by atoms with van der Waals surface area (Å²) in [6, 6.07) is 0. The molecule has 1 aliphatic rings. The molecule has 4 heteroatoms. The third kappa shape index (κ3) is 6.99. The van der Waals surface area contributed by atoms with Crippen molar-refractivity contribution in [2.45, 2.75) is 19.8 Å². The largest absolute Gasteiger partial charge is 0.382 e. The second kappa shape index (κ2) is 9.83. The van der Waals surface area contributed by atoms with Gasteiger partial charge >= 0.3 is 0 Å². The monoisotopic (exact) mass is 244 g/mol. The van der Waals surface area contributed by atoms with Gasteiger partial charge in [-0.15, -0.1) is 0 Å². The van der Waals surface area contributed by atoms with Crippen LogP contribution in [0.1, 0.15) is 19.8 Å². The molecule has 1 heterocycles. The summed E-state index contributed by atoms with van der Waals surface area (Å²) in [6.45, 7) is 10.2. The molecule has 1 rings (SSSR count). The lowest BCUT2D eigenvalue weighted by Gasteiger charge is -2.29. The number of nitrogens with zero attached hydrogens (tertiary/aromatic N) is 1. The molecule has 0 bridgehead atoms. The van der Waals surface area contributed by atoms with Crippen molar-refractivity contribution in [1.82, 2.24) is 10.2 Å². The zero-order chi connectivity index (χ0) is 12.3. The minimum atomic E-state index is 0.693. The molecule has 0 radical (unpaired) electrons. The minimum Gasteiger partial charge on any atom is -0.382 e. The van der Waals surface area contributed by atoms with Crippen molar-refractivity contribution < 1.29 is 9.47 Å². The smallest absolute Gasteiger partial charge is 0.0700 e. The first kappa shape index (κ1) is 14.9. The van der Waals surface area contributed by atoms with E-state index in [4.69, 9.17) is 9.47 Å². The number of ether oxygens (including phenoxy) is 2. The molecular weight excluding hydrogens is 216 g/mol. The standard InChI is InChI=1S/C13H28N2O2/c1-3-15(7-8-17-10-9-16-2)12-13-5-4-6-14-11-13/h13-14H,3-12H2,1-2H3. The van der Waals surface area contributed by atoms with Crippen molar-refractivity contribution in [3.05, 3.63) is 0 Å². The predicted octanol–water partition coefficient (Wildman–Crippen LogP) is 0.971. The summed E-state index contributed by atoms with van der Waals surface area (Å²) in [7, 11) is 1.71. The highest BCUT2D eigenvalue weighted by Gasteiger charge is 2.15. The van der Waals surface area contributed by atoms with Gasteiger partial charge in [-0.25, -0.2) is 0 Å². The predicted molar refractivity (Wildman–Crippen MR) is 70.4 cm³/mol. The molecular formula is C13H28N2O2. The van der Waals surface area contributed by atoms with Crippen molar-refractivity contribution in [2.24, 2.45) is 5.92 Å². The highest BCUT2D eigenvalue weighted by molar-refractivity contribution is 4.72. The Kier molecular flexibility index (Phi) is 8.61. The summed E-state index contributed by atoms with van der Waals surface area (Å²) >= 11 is 0. The third-order valence-electron chi connectivity index (χ3n) is 3.35. The van der Waals surface area contributed by atoms with Crippen LogP contribution in [0.4, 0.5) is 0 Å². The van der Waals surface area contributed by atoms with E-state index in [0.717, 1.165) is 25.6 Å². The Morgan fingerprint density at radius 3 is 2.82 bits per heavy atom. The van der Waals surface area contributed by atoms with Crippen molar-refractivity contribution in [3.8, 4) is 0 Å². The molecule has 0 aliphatic carbocycles. The first-order chi connectivity index (χ1) is 8.36. The molecule has 0 saturated carbocycles. The van der Waals surface area contributed by atoms with Crippen molar-refractivity contribution in [3.63, 3.8) is 0 Å². The fourth-order valence-corrected chi connectivity index (χ4v) is 2.26. The normalized spacial score (nSPS) is 21.0. The average Bonchev–Trinajstić information content (AvgIpc) is 2.38. The maximum Gasteiger partial charge on any atom is 0.0700 e. The average molecular weight is 244 g/mol. The maximum absolute atomic E-state index is 5.51. The molecule has 0 aromatic carbocycles. The lowest BCUT2D eigenvalue weighted by atomic mass is 9.99. The van der Waals surface area contributed by atoms with Gasteiger partial charge in [0.15, 0.2) is 0 Å². The van der Waals surface area contributed by atoms with Crippen molar-refractivity contribution >= 4 is 0 Å². The molecule has 0 aromatic rings. The van der Waals surface area contributed by atoms with E-state index < -0.39 is 0 Å². The summed E-state index contributed by atoms with van der Waals surface area (Å²) in [5, 5.41) is 3.47. The van der Waals surface area contributed by atoms with E-state index in [1.807, 2.05) is 0 Å². The van der Waals surface area contributed by atoms with Gasteiger partial charge in [0.05, 0.1) is 19.8 Å². The fraction of sp³-hybridized carbons (Fsp3) is 1.00. The lowest BCUT2D eigenvalue weighted by Crippen LogP contribution is -2.39. The van der Waals surface area contributed by atoms with E-state index >= 15 is 0 Å². The zero-order valence-electron chi connectivity index (χ0n) is 11.4. The second-order valence-corrected chi connectivity index (χ2v) is 4.71. The van der Waals surface area contributed by atoms with Gasteiger partial charge < -0.3 is 19.7 Å². The van der Waals surface area contributed by atoms with Gasteiger partial charge in [-0.2, -0.15) is 0 Å². The third-order valence-corrected chi connectivity index (χ3v) is 3.35. The van der Waals surface area contributed by atoms with Crippen molar-refractivity contribution in [1.29, 1.82) is 0 Å². The van der Waals surface area contributed by atoms with Gasteiger partial charge in [0.2, 0.25) is 0 Å². The van der Waals surface area contributed by atoms with E-state index in [1.54, 1.807) is 7.11 Å². The number of methoxy groups -OCH3 is 1. The number of hydrogen-bond acceptors (Lipinski definition) is 4. The summed E-state index contributed by atoms with van der Waals surface area (Å²) in [5.41, 5.74) is 0. The lowest BCUT2D eigenvalue weighted by molar-refractivity contribution is 0.0548. The van der Waals surface area contributed by atoms with Crippen LogP contribution in [0.3, 0.4) is 0 Å². The van der Waals surface area contributed by atoms with Crippen LogP contribution >= 0.6 is 0 Å². The summed E-state index contributed by atoms with van der Waals surface area (Å²) in [6.07, 6.45) is 2.70.